The molecule has 1 aromatic heterocycles. The minimum atomic E-state index is 0.103. The molecular weight excluding hydrogens is 458 g/mol. The summed E-state index contributed by atoms with van der Waals surface area (Å²) in [6.45, 7) is 4.02. The van der Waals surface area contributed by atoms with E-state index < -0.39 is 0 Å². The molecule has 144 valence electrons. The molecule has 1 amide bonds. The van der Waals surface area contributed by atoms with Crippen LogP contribution in [-0.4, -0.2) is 46.9 Å². The number of piperazine rings is 1. The Morgan fingerprint density at radius 1 is 1.04 bits per heavy atom. The second kappa shape index (κ2) is 8.74. The van der Waals surface area contributed by atoms with E-state index in [9.17, 15) is 4.79 Å². The van der Waals surface area contributed by atoms with Gasteiger partial charge in [0.25, 0.3) is 5.91 Å². The third kappa shape index (κ3) is 4.63. The predicted octanol–water partition coefficient (Wildman–Crippen LogP) is 5.18. The Morgan fingerprint density at radius 2 is 1.71 bits per heavy atom. The van der Waals surface area contributed by atoms with Gasteiger partial charge in [-0.3, -0.25) is 9.69 Å². The third-order valence-electron chi connectivity index (χ3n) is 4.80. The van der Waals surface area contributed by atoms with Crippen molar-refractivity contribution in [3.8, 4) is 11.3 Å². The maximum atomic E-state index is 12.6. The minimum absolute atomic E-state index is 0.103. The summed E-state index contributed by atoms with van der Waals surface area (Å²) < 4.78 is 0.982. The molecule has 28 heavy (non-hydrogen) atoms. The van der Waals surface area contributed by atoms with Gasteiger partial charge in [0.05, 0.1) is 12.2 Å². The van der Waals surface area contributed by atoms with Gasteiger partial charge in [-0.15, -0.1) is 11.3 Å². The number of halogens is 2. The lowest BCUT2D eigenvalue weighted by Crippen LogP contribution is -2.48. The maximum Gasteiger partial charge on any atom is 0.253 e. The number of rotatable bonds is 4. The van der Waals surface area contributed by atoms with Crippen LogP contribution in [0.25, 0.3) is 11.3 Å². The molecule has 3 aromatic rings. The molecule has 0 spiro atoms. The number of hydrogen-bond acceptors (Lipinski definition) is 4. The minimum Gasteiger partial charge on any atom is -0.336 e. The topological polar surface area (TPSA) is 36.4 Å². The van der Waals surface area contributed by atoms with E-state index >= 15 is 0 Å². The zero-order chi connectivity index (χ0) is 19.5. The highest BCUT2D eigenvalue weighted by molar-refractivity contribution is 9.10. The van der Waals surface area contributed by atoms with Gasteiger partial charge < -0.3 is 4.90 Å². The standard InChI is InChI=1S/C21H19BrClN3OS/c22-17-5-1-16(2-6-17)21(27)26-11-9-25(10-12-26)13-20-24-19(14-28-20)15-3-7-18(23)8-4-15/h1-8,14H,9-13H2. The summed E-state index contributed by atoms with van der Waals surface area (Å²) in [5, 5.41) is 3.92. The van der Waals surface area contributed by atoms with E-state index in [0.717, 1.165) is 64.0 Å². The van der Waals surface area contributed by atoms with Crippen LogP contribution in [0.15, 0.2) is 58.4 Å². The van der Waals surface area contributed by atoms with Crippen molar-refractivity contribution in [3.63, 3.8) is 0 Å². The van der Waals surface area contributed by atoms with Crippen molar-refractivity contribution in [2.75, 3.05) is 26.2 Å². The lowest BCUT2D eigenvalue weighted by atomic mass is 10.2. The summed E-state index contributed by atoms with van der Waals surface area (Å²) in [5.74, 6) is 0.103. The molecule has 2 heterocycles. The largest absolute Gasteiger partial charge is 0.336 e. The van der Waals surface area contributed by atoms with E-state index in [4.69, 9.17) is 16.6 Å². The van der Waals surface area contributed by atoms with Crippen molar-refractivity contribution in [1.82, 2.24) is 14.8 Å². The van der Waals surface area contributed by atoms with E-state index in [-0.39, 0.29) is 5.91 Å². The lowest BCUT2D eigenvalue weighted by molar-refractivity contribution is 0.0628. The molecule has 1 fully saturated rings. The third-order valence-corrected chi connectivity index (χ3v) is 6.42. The molecule has 7 heteroatoms. The van der Waals surface area contributed by atoms with Crippen LogP contribution in [0.2, 0.25) is 5.02 Å². The Balaban J connectivity index is 1.33. The Kier molecular flexibility index (Phi) is 6.11. The summed E-state index contributed by atoms with van der Waals surface area (Å²) >= 11 is 11.0. The van der Waals surface area contributed by atoms with Crippen LogP contribution < -0.4 is 0 Å². The van der Waals surface area contributed by atoms with Gasteiger partial charge >= 0.3 is 0 Å². The number of amides is 1. The molecule has 1 aliphatic rings. The first-order valence-electron chi connectivity index (χ1n) is 9.06. The quantitative estimate of drug-likeness (QED) is 0.520. The number of carbonyl (C=O) groups is 1. The highest BCUT2D eigenvalue weighted by Crippen LogP contribution is 2.24. The Morgan fingerprint density at radius 3 is 2.39 bits per heavy atom. The number of benzene rings is 2. The molecule has 0 N–H and O–H groups in total. The number of hydrogen-bond donors (Lipinski definition) is 0. The van der Waals surface area contributed by atoms with Crippen LogP contribution in [0.1, 0.15) is 15.4 Å². The Hall–Kier alpha value is -1.73. The zero-order valence-electron chi connectivity index (χ0n) is 15.1. The van der Waals surface area contributed by atoms with Crippen molar-refractivity contribution >= 4 is 44.8 Å². The van der Waals surface area contributed by atoms with Crippen molar-refractivity contribution in [1.29, 1.82) is 0 Å². The van der Waals surface area contributed by atoms with Crippen LogP contribution >= 0.6 is 38.9 Å². The van der Waals surface area contributed by atoms with Crippen molar-refractivity contribution in [2.24, 2.45) is 0 Å². The Labute approximate surface area is 181 Å². The molecular formula is C21H19BrClN3OS. The molecule has 0 atom stereocenters. The fraction of sp³-hybridized carbons (Fsp3) is 0.238. The van der Waals surface area contributed by atoms with Gasteiger partial charge in [0, 0.05) is 52.2 Å². The molecule has 2 aromatic carbocycles. The molecule has 1 saturated heterocycles. The van der Waals surface area contributed by atoms with Gasteiger partial charge in [-0.1, -0.05) is 39.7 Å². The van der Waals surface area contributed by atoms with E-state index in [1.54, 1.807) is 11.3 Å². The van der Waals surface area contributed by atoms with E-state index in [0.29, 0.717) is 0 Å². The van der Waals surface area contributed by atoms with Crippen molar-refractivity contribution in [2.45, 2.75) is 6.54 Å². The molecule has 4 nitrogen and oxygen atoms in total. The molecule has 4 rings (SSSR count). The fourth-order valence-corrected chi connectivity index (χ4v) is 4.45. The average molecular weight is 477 g/mol. The summed E-state index contributed by atoms with van der Waals surface area (Å²) in [4.78, 5) is 21.7. The monoisotopic (exact) mass is 475 g/mol. The fourth-order valence-electron chi connectivity index (χ4n) is 3.21. The highest BCUT2D eigenvalue weighted by atomic mass is 79.9. The summed E-state index contributed by atoms with van der Waals surface area (Å²) in [6, 6.07) is 15.3. The first-order chi connectivity index (χ1) is 13.6. The molecule has 0 unspecified atom stereocenters. The normalized spacial score (nSPS) is 15.0. The van der Waals surface area contributed by atoms with E-state index in [2.05, 4.69) is 26.2 Å². The van der Waals surface area contributed by atoms with Crippen molar-refractivity contribution < 1.29 is 4.79 Å². The van der Waals surface area contributed by atoms with Crippen LogP contribution in [0, 0.1) is 0 Å². The van der Waals surface area contributed by atoms with Gasteiger partial charge in [0.2, 0.25) is 0 Å². The van der Waals surface area contributed by atoms with E-state index in [1.807, 2.05) is 53.4 Å². The predicted molar refractivity (Wildman–Crippen MR) is 118 cm³/mol. The molecule has 0 bridgehead atoms. The molecule has 0 saturated carbocycles. The first kappa shape index (κ1) is 19.6. The second-order valence-electron chi connectivity index (χ2n) is 6.71. The summed E-state index contributed by atoms with van der Waals surface area (Å²) in [5.41, 5.74) is 2.81. The van der Waals surface area contributed by atoms with Crippen LogP contribution in [0.4, 0.5) is 0 Å². The van der Waals surface area contributed by atoms with Crippen LogP contribution in [0.3, 0.4) is 0 Å². The molecule has 0 aliphatic carbocycles. The second-order valence-corrected chi connectivity index (χ2v) is 9.00. The van der Waals surface area contributed by atoms with E-state index in [1.165, 1.54) is 0 Å². The summed E-state index contributed by atoms with van der Waals surface area (Å²) in [6.07, 6.45) is 0. The highest BCUT2D eigenvalue weighted by Gasteiger charge is 2.22. The van der Waals surface area contributed by atoms with Gasteiger partial charge in [-0.05, 0) is 36.4 Å². The molecule has 1 aliphatic heterocycles. The van der Waals surface area contributed by atoms with Gasteiger partial charge in [-0.2, -0.15) is 0 Å². The Bertz CT molecular complexity index is 951. The maximum absolute atomic E-state index is 12.6. The van der Waals surface area contributed by atoms with Crippen LogP contribution in [-0.2, 0) is 6.54 Å². The number of nitrogens with zero attached hydrogens (tertiary/aromatic N) is 3. The zero-order valence-corrected chi connectivity index (χ0v) is 18.3. The molecule has 0 radical (unpaired) electrons. The first-order valence-corrected chi connectivity index (χ1v) is 11.1. The lowest BCUT2D eigenvalue weighted by Gasteiger charge is -2.34. The van der Waals surface area contributed by atoms with Gasteiger partial charge in [0.15, 0.2) is 0 Å². The smallest absolute Gasteiger partial charge is 0.253 e. The average Bonchev–Trinajstić information content (AvgIpc) is 3.18. The van der Waals surface area contributed by atoms with Crippen LogP contribution in [0.5, 0.6) is 0 Å². The number of carbonyl (C=O) groups excluding carboxylic acids is 1. The van der Waals surface area contributed by atoms with Crippen molar-refractivity contribution in [3.05, 3.63) is 74.0 Å². The SMILES string of the molecule is O=C(c1ccc(Br)cc1)N1CCN(Cc2nc(-c3ccc(Cl)cc3)cs2)CC1. The summed E-state index contributed by atoms with van der Waals surface area (Å²) in [7, 11) is 0. The van der Waals surface area contributed by atoms with Gasteiger partial charge in [0.1, 0.15) is 5.01 Å². The number of aromatic nitrogens is 1. The van der Waals surface area contributed by atoms with Gasteiger partial charge in [-0.25, -0.2) is 4.98 Å². The number of thiazole rings is 1.